The van der Waals surface area contributed by atoms with Gasteiger partial charge in [0.05, 0.1) is 25.7 Å². The van der Waals surface area contributed by atoms with Crippen LogP contribution >= 0.6 is 0 Å². The number of nitrogens with one attached hydrogen (secondary N) is 1. The van der Waals surface area contributed by atoms with Crippen LogP contribution in [0.5, 0.6) is 34.5 Å². The number of aromatic hydroxyl groups is 4. The molecule has 1 aromatic heterocycles. The summed E-state index contributed by atoms with van der Waals surface area (Å²) in [5, 5.41) is 58.6. The molecule has 296 valence electrons. The van der Waals surface area contributed by atoms with Gasteiger partial charge in [-0.15, -0.1) is 0 Å². The molecule has 1 saturated carbocycles. The minimum atomic E-state index is -0.991. The van der Waals surface area contributed by atoms with Gasteiger partial charge < -0.3 is 40.3 Å². The van der Waals surface area contributed by atoms with Gasteiger partial charge in [0.2, 0.25) is 5.75 Å². The van der Waals surface area contributed by atoms with Gasteiger partial charge in [-0.25, -0.2) is 4.98 Å². The van der Waals surface area contributed by atoms with Gasteiger partial charge in [-0.05, 0) is 139 Å². The minimum absolute atomic E-state index is 0.0317. The predicted octanol–water partition coefficient (Wildman–Crippen LogP) is 9.25. The van der Waals surface area contributed by atoms with Crippen LogP contribution in [0.4, 0.5) is 11.5 Å². The monoisotopic (exact) mass is 762 g/mol. The molecule has 1 aliphatic carbocycles. The van der Waals surface area contributed by atoms with Gasteiger partial charge in [0.1, 0.15) is 17.4 Å². The molecule has 10 heteroatoms. The summed E-state index contributed by atoms with van der Waals surface area (Å²) in [6, 6.07) is 23.3. The molecule has 0 amide bonds. The molecule has 10 nitrogen and oxygen atoms in total. The lowest BCUT2D eigenvalue weighted by atomic mass is 9.64. The van der Waals surface area contributed by atoms with Crippen molar-refractivity contribution in [3.8, 4) is 34.5 Å². The Kier molecular flexibility index (Phi) is 12.9. The summed E-state index contributed by atoms with van der Waals surface area (Å²) in [7, 11) is 1.49. The molecule has 0 radical (unpaired) electrons. The number of methoxy groups -OCH3 is 1. The Labute approximate surface area is 328 Å². The first-order chi connectivity index (χ1) is 26.9. The number of rotatable bonds is 18. The Morgan fingerprint density at radius 1 is 0.821 bits per heavy atom. The molecule has 6 rings (SSSR count). The van der Waals surface area contributed by atoms with Crippen LogP contribution in [-0.4, -0.2) is 56.1 Å². The van der Waals surface area contributed by atoms with Gasteiger partial charge in [-0.1, -0.05) is 44.9 Å². The highest BCUT2D eigenvalue weighted by atomic mass is 16.5. The molecule has 56 heavy (non-hydrogen) atoms. The van der Waals surface area contributed by atoms with E-state index in [2.05, 4.69) is 24.1 Å². The van der Waals surface area contributed by atoms with Crippen molar-refractivity contribution < 1.29 is 39.8 Å². The summed E-state index contributed by atoms with van der Waals surface area (Å²) in [5.74, 6) is 0.449. The number of Topliss-reactive ketones (excluding diaryl/α,β-unsaturated/α-hetero) is 1. The number of ketones is 1. The zero-order valence-electron chi connectivity index (χ0n) is 32.5. The predicted molar refractivity (Wildman–Crippen MR) is 218 cm³/mol. The highest BCUT2D eigenvalue weighted by Gasteiger charge is 2.49. The van der Waals surface area contributed by atoms with Crippen LogP contribution in [0.2, 0.25) is 0 Å². The van der Waals surface area contributed by atoms with E-state index >= 15 is 0 Å². The molecule has 1 aliphatic rings. The van der Waals surface area contributed by atoms with E-state index in [1.165, 1.54) is 13.2 Å². The van der Waals surface area contributed by atoms with Crippen molar-refractivity contribution in [2.24, 2.45) is 11.8 Å². The molecule has 5 aromatic rings. The zero-order valence-corrected chi connectivity index (χ0v) is 32.5. The van der Waals surface area contributed by atoms with Gasteiger partial charge in [-0.2, -0.15) is 0 Å². The first-order valence-electron chi connectivity index (χ1n) is 19.7. The number of pyridine rings is 1. The molecule has 6 N–H and O–H groups in total. The number of fused-ring (bicyclic) bond motifs is 1. The van der Waals surface area contributed by atoms with E-state index in [0.29, 0.717) is 55.3 Å². The molecule has 2 unspecified atom stereocenters. The molecule has 0 spiro atoms. The van der Waals surface area contributed by atoms with E-state index < -0.39 is 17.4 Å². The maximum atomic E-state index is 14.7. The Morgan fingerprint density at radius 3 is 2.34 bits per heavy atom. The number of aliphatic hydroxyl groups excluding tert-OH is 1. The number of aliphatic hydroxyl groups is 1. The number of phenolic OH excluding ortho intramolecular Hbond substituents is 4. The largest absolute Gasteiger partial charge is 0.508 e. The second-order valence-corrected chi connectivity index (χ2v) is 15.6. The van der Waals surface area contributed by atoms with Crippen LogP contribution in [0.15, 0.2) is 85.1 Å². The molecular formula is C46H54N2O8. The van der Waals surface area contributed by atoms with Crippen LogP contribution in [0, 0.1) is 11.8 Å². The number of aromatic nitrogens is 1. The second kappa shape index (κ2) is 18.0. The Hall–Kier alpha value is -5.48. The summed E-state index contributed by atoms with van der Waals surface area (Å²) >= 11 is 0. The topological polar surface area (TPSA) is 162 Å². The number of aryl methyl sites for hydroxylation is 2. The molecule has 1 heterocycles. The Bertz CT molecular complexity index is 2130. The van der Waals surface area contributed by atoms with Crippen molar-refractivity contribution in [2.75, 3.05) is 19.0 Å². The van der Waals surface area contributed by atoms with Crippen LogP contribution in [0.25, 0.3) is 10.8 Å². The molecule has 0 aliphatic heterocycles. The fourth-order valence-electron chi connectivity index (χ4n) is 8.30. The lowest BCUT2D eigenvalue weighted by Gasteiger charge is -2.40. The van der Waals surface area contributed by atoms with Gasteiger partial charge in [-0.3, -0.25) is 4.79 Å². The van der Waals surface area contributed by atoms with Crippen molar-refractivity contribution in [2.45, 2.75) is 89.6 Å². The fraction of sp³-hybridized carbons (Fsp3) is 0.391. The maximum absolute atomic E-state index is 14.7. The number of hydrogen-bond acceptors (Lipinski definition) is 10. The van der Waals surface area contributed by atoms with E-state index in [0.717, 1.165) is 53.3 Å². The molecule has 2 atom stereocenters. The number of phenols is 4. The van der Waals surface area contributed by atoms with Crippen LogP contribution < -0.4 is 14.8 Å². The van der Waals surface area contributed by atoms with Crippen LogP contribution in [-0.2, 0) is 23.1 Å². The third kappa shape index (κ3) is 9.48. The third-order valence-corrected chi connectivity index (χ3v) is 11.2. The van der Waals surface area contributed by atoms with E-state index in [1.807, 2.05) is 36.4 Å². The lowest BCUT2D eigenvalue weighted by molar-refractivity contribution is -0.130. The SMILES string of the molecule is COc1cc(CCC(O)C(C(=O)CCc2cc(O)c(O)c(OCCCC(C)C)c2)C2(c3ccnc(Nc4ccc5cc(O)ccc5c4)c3)CCCC2)ccc1O. The number of nitrogens with zero attached hydrogens (tertiary/aromatic N) is 1. The number of benzene rings is 4. The van der Waals surface area contributed by atoms with Gasteiger partial charge >= 0.3 is 0 Å². The minimum Gasteiger partial charge on any atom is -0.508 e. The number of carbonyl (C=O) groups is 1. The molecular weight excluding hydrogens is 709 g/mol. The summed E-state index contributed by atoms with van der Waals surface area (Å²) in [5.41, 5.74) is 2.61. The normalized spacial score (nSPS) is 14.8. The van der Waals surface area contributed by atoms with Crippen molar-refractivity contribution in [1.82, 2.24) is 4.98 Å². The molecule has 4 aromatic carbocycles. The van der Waals surface area contributed by atoms with E-state index in [1.54, 1.807) is 42.6 Å². The first kappa shape index (κ1) is 40.2. The molecule has 1 fully saturated rings. The van der Waals surface area contributed by atoms with E-state index in [-0.39, 0.29) is 47.4 Å². The van der Waals surface area contributed by atoms with Crippen LogP contribution in [0.3, 0.4) is 0 Å². The third-order valence-electron chi connectivity index (χ3n) is 11.2. The molecule has 0 saturated heterocycles. The average Bonchev–Trinajstić information content (AvgIpc) is 3.68. The smallest absolute Gasteiger partial charge is 0.200 e. The van der Waals surface area contributed by atoms with Crippen molar-refractivity contribution in [1.29, 1.82) is 0 Å². The Morgan fingerprint density at radius 2 is 1.57 bits per heavy atom. The highest BCUT2D eigenvalue weighted by Crippen LogP contribution is 2.50. The summed E-state index contributed by atoms with van der Waals surface area (Å²) in [6.45, 7) is 4.66. The van der Waals surface area contributed by atoms with Crippen LogP contribution in [0.1, 0.15) is 81.9 Å². The van der Waals surface area contributed by atoms with Crippen molar-refractivity contribution in [3.05, 3.63) is 102 Å². The summed E-state index contributed by atoms with van der Waals surface area (Å²) in [4.78, 5) is 19.3. The van der Waals surface area contributed by atoms with Gasteiger partial charge in [0.25, 0.3) is 0 Å². The van der Waals surface area contributed by atoms with Crippen molar-refractivity contribution in [3.63, 3.8) is 0 Å². The van der Waals surface area contributed by atoms with Crippen molar-refractivity contribution >= 4 is 28.1 Å². The zero-order chi connectivity index (χ0) is 39.8. The lowest BCUT2D eigenvalue weighted by Crippen LogP contribution is -2.45. The maximum Gasteiger partial charge on any atom is 0.200 e. The number of carbonyl (C=O) groups excluding carboxylic acids is 1. The van der Waals surface area contributed by atoms with E-state index in [4.69, 9.17) is 9.47 Å². The number of ether oxygens (including phenoxy) is 2. The summed E-state index contributed by atoms with van der Waals surface area (Å²) in [6.07, 6.45) is 6.92. The summed E-state index contributed by atoms with van der Waals surface area (Å²) < 4.78 is 11.2. The van der Waals surface area contributed by atoms with E-state index in [9.17, 15) is 30.3 Å². The second-order valence-electron chi connectivity index (χ2n) is 15.6. The number of hydrogen-bond donors (Lipinski definition) is 6. The number of anilines is 2. The Balaban J connectivity index is 1.28. The fourth-order valence-corrected chi connectivity index (χ4v) is 8.30. The highest BCUT2D eigenvalue weighted by molar-refractivity contribution is 5.87. The average molecular weight is 763 g/mol. The quantitative estimate of drug-likeness (QED) is 0.0375. The standard InChI is InChI=1S/C46H54N2O8/c1-29(2)7-6-22-56-42-25-31(23-40(53)45(42)54)10-17-39(52)44(38(51)16-9-30-8-15-37(50)41(24-30)55-3)46(19-4-5-20-46)34-18-21-47-43(28-34)48-35-13-11-33-27-36(49)14-12-32(33)26-35/h8,11-15,18,21,23-29,38,44,49-51,53-54H,4-7,9-10,16-17,19-20,22H2,1-3H3,(H,47,48). The first-order valence-corrected chi connectivity index (χ1v) is 19.7. The van der Waals surface area contributed by atoms with Gasteiger partial charge in [0, 0.05) is 23.7 Å². The van der Waals surface area contributed by atoms with Gasteiger partial charge in [0.15, 0.2) is 23.0 Å². The molecule has 0 bridgehead atoms.